The monoisotopic (exact) mass is 470 g/mol. The van der Waals surface area contributed by atoms with Gasteiger partial charge in [0.2, 0.25) is 0 Å². The molecule has 0 amide bonds. The topological polar surface area (TPSA) is 81.0 Å². The molecule has 0 saturated carbocycles. The predicted molar refractivity (Wildman–Crippen MR) is 128 cm³/mol. The Morgan fingerprint density at radius 3 is 2.90 bits per heavy atom. The number of allylic oxidation sites excluding steroid dienone is 6. The van der Waals surface area contributed by atoms with Gasteiger partial charge in [0.25, 0.3) is 0 Å². The van der Waals surface area contributed by atoms with Crippen LogP contribution in [0.25, 0.3) is 11.2 Å². The quantitative estimate of drug-likeness (QED) is 0.617. The lowest BCUT2D eigenvalue weighted by Gasteiger charge is -2.23. The fraction of sp³-hybridized carbons (Fsp3) is 0.318. The van der Waals surface area contributed by atoms with E-state index in [2.05, 4.69) is 50.5 Å². The molecule has 2 aromatic heterocycles. The largest absolute Gasteiger partial charge is 0.383 e. The third-order valence-electron chi connectivity index (χ3n) is 4.91. The van der Waals surface area contributed by atoms with Crippen molar-refractivity contribution in [3.8, 4) is 0 Å². The summed E-state index contributed by atoms with van der Waals surface area (Å²) in [6.07, 6.45) is 12.2. The van der Waals surface area contributed by atoms with Crippen LogP contribution in [0.15, 0.2) is 57.8 Å². The fourth-order valence-electron chi connectivity index (χ4n) is 3.32. The summed E-state index contributed by atoms with van der Waals surface area (Å²) in [7, 11) is 1.69. The number of halogens is 1. The molecular weight excluding hydrogens is 444 g/mol. The minimum atomic E-state index is 0.508. The van der Waals surface area contributed by atoms with E-state index < -0.39 is 0 Å². The normalized spacial score (nSPS) is 14.5. The highest BCUT2D eigenvalue weighted by molar-refractivity contribution is 9.10. The minimum absolute atomic E-state index is 0.508. The van der Waals surface area contributed by atoms with Gasteiger partial charge in [-0.25, -0.2) is 4.98 Å². The molecule has 3 rings (SSSR count). The Morgan fingerprint density at radius 2 is 2.23 bits per heavy atom. The summed E-state index contributed by atoms with van der Waals surface area (Å²) in [5.41, 5.74) is 10.9. The van der Waals surface area contributed by atoms with Crippen LogP contribution in [0, 0.1) is 0 Å². The number of hydrogen-bond donors (Lipinski definition) is 1. The first-order valence-electron chi connectivity index (χ1n) is 9.85. The van der Waals surface area contributed by atoms with Crippen molar-refractivity contribution in [1.29, 1.82) is 0 Å². The molecule has 30 heavy (non-hydrogen) atoms. The average Bonchev–Trinajstić information content (AvgIpc) is 3.07. The number of rotatable bonds is 8. The van der Waals surface area contributed by atoms with Crippen LogP contribution in [0.5, 0.6) is 0 Å². The molecular formula is C22H27BrN6O. The molecule has 0 bridgehead atoms. The third kappa shape index (κ3) is 4.24. The maximum atomic E-state index is 6.40. The molecule has 3 heterocycles. The molecule has 0 fully saturated rings. The molecule has 0 saturated heterocycles. The summed E-state index contributed by atoms with van der Waals surface area (Å²) < 4.78 is 7.64. The first-order chi connectivity index (χ1) is 14.5. The lowest BCUT2D eigenvalue weighted by Crippen LogP contribution is -2.28. The van der Waals surface area contributed by atoms with E-state index >= 15 is 0 Å². The minimum Gasteiger partial charge on any atom is -0.383 e. The first kappa shape index (κ1) is 22.0. The van der Waals surface area contributed by atoms with Crippen molar-refractivity contribution in [2.45, 2.75) is 20.3 Å². The number of fused-ring (bicyclic) bond motifs is 1. The molecule has 1 aliphatic heterocycles. The highest BCUT2D eigenvalue weighted by Crippen LogP contribution is 2.34. The van der Waals surface area contributed by atoms with Gasteiger partial charge in [-0.05, 0) is 53.1 Å². The molecule has 0 aromatic carbocycles. The Hall–Kier alpha value is -2.71. The summed E-state index contributed by atoms with van der Waals surface area (Å²) in [6.45, 7) is 10.1. The number of ether oxygens (including phenoxy) is 1. The van der Waals surface area contributed by atoms with Gasteiger partial charge < -0.3 is 15.4 Å². The van der Waals surface area contributed by atoms with E-state index in [9.17, 15) is 0 Å². The van der Waals surface area contributed by atoms with Gasteiger partial charge in [-0.2, -0.15) is 9.61 Å². The van der Waals surface area contributed by atoms with Crippen molar-refractivity contribution < 1.29 is 4.74 Å². The van der Waals surface area contributed by atoms with Crippen molar-refractivity contribution in [2.75, 3.05) is 37.4 Å². The van der Waals surface area contributed by atoms with Crippen molar-refractivity contribution in [3.63, 3.8) is 0 Å². The standard InChI is InChI=1S/C22H27BrN6O/c1-5-8-18-15(6-2)13-16(9-10-25-18)17-14-26-29-20(24)19(23)22(27-21(17)29)28(7-3)11-12-30-4/h5-6,8,10,13-14H,2,7,9,11-12,24H2,1,3-4H3/b8-5-. The molecule has 0 atom stereocenters. The Kier molecular flexibility index (Phi) is 7.23. The van der Waals surface area contributed by atoms with Gasteiger partial charge in [-0.1, -0.05) is 18.7 Å². The number of methoxy groups -OCH3 is 1. The van der Waals surface area contributed by atoms with E-state index in [0.717, 1.165) is 39.2 Å². The summed E-state index contributed by atoms with van der Waals surface area (Å²) in [5, 5.41) is 4.49. The summed E-state index contributed by atoms with van der Waals surface area (Å²) in [4.78, 5) is 11.6. The number of nitrogens with zero attached hydrogens (tertiary/aromatic N) is 5. The van der Waals surface area contributed by atoms with Gasteiger partial charge in [0.05, 0.1) is 18.5 Å². The highest BCUT2D eigenvalue weighted by atomic mass is 79.9. The molecule has 0 aliphatic carbocycles. The van der Waals surface area contributed by atoms with Crippen LogP contribution < -0.4 is 10.6 Å². The Bertz CT molecular complexity index is 1060. The lowest BCUT2D eigenvalue weighted by atomic mass is 10.0. The second-order valence-electron chi connectivity index (χ2n) is 6.73. The fourth-order valence-corrected chi connectivity index (χ4v) is 3.83. The van der Waals surface area contributed by atoms with Crippen LogP contribution in [-0.4, -0.2) is 47.6 Å². The maximum absolute atomic E-state index is 6.40. The summed E-state index contributed by atoms with van der Waals surface area (Å²) >= 11 is 3.60. The number of aliphatic imine (C=N–C) groups is 1. The maximum Gasteiger partial charge on any atom is 0.167 e. The average molecular weight is 471 g/mol. The SMILES string of the molecule is C=CC1=C(/C=C\C)N=CCC(c2cnn3c(N)c(Br)c(N(CC)CCOC)nc23)=C1. The van der Waals surface area contributed by atoms with Crippen LogP contribution >= 0.6 is 15.9 Å². The predicted octanol–water partition coefficient (Wildman–Crippen LogP) is 4.42. The molecule has 2 N–H and O–H groups in total. The summed E-state index contributed by atoms with van der Waals surface area (Å²) in [5.74, 6) is 1.28. The zero-order chi connectivity index (χ0) is 21.7. The van der Waals surface area contributed by atoms with E-state index in [-0.39, 0.29) is 0 Å². The van der Waals surface area contributed by atoms with Crippen LogP contribution in [0.1, 0.15) is 25.8 Å². The zero-order valence-corrected chi connectivity index (χ0v) is 19.2. The van der Waals surface area contributed by atoms with Gasteiger partial charge in [0, 0.05) is 38.4 Å². The van der Waals surface area contributed by atoms with E-state index in [4.69, 9.17) is 15.5 Å². The Morgan fingerprint density at radius 1 is 1.43 bits per heavy atom. The van der Waals surface area contributed by atoms with E-state index in [1.54, 1.807) is 17.8 Å². The molecule has 158 valence electrons. The number of likely N-dealkylation sites (N-methyl/N-ethyl adjacent to an activating group) is 1. The third-order valence-corrected chi connectivity index (χ3v) is 5.67. The lowest BCUT2D eigenvalue weighted by molar-refractivity contribution is 0.205. The van der Waals surface area contributed by atoms with Crippen molar-refractivity contribution in [1.82, 2.24) is 14.6 Å². The summed E-state index contributed by atoms with van der Waals surface area (Å²) in [6, 6.07) is 0. The van der Waals surface area contributed by atoms with E-state index in [1.807, 2.05) is 31.4 Å². The molecule has 0 spiro atoms. The number of nitrogen functional groups attached to an aromatic ring is 1. The van der Waals surface area contributed by atoms with Crippen molar-refractivity contribution in [2.24, 2.45) is 4.99 Å². The highest BCUT2D eigenvalue weighted by Gasteiger charge is 2.20. The van der Waals surface area contributed by atoms with Gasteiger partial charge in [0.15, 0.2) is 5.65 Å². The Labute approximate surface area is 185 Å². The number of nitrogens with two attached hydrogens (primary N) is 1. The number of anilines is 2. The van der Waals surface area contributed by atoms with Gasteiger partial charge in [-0.15, -0.1) is 0 Å². The van der Waals surface area contributed by atoms with Crippen LogP contribution in [0.4, 0.5) is 11.6 Å². The second kappa shape index (κ2) is 9.86. The van der Waals surface area contributed by atoms with Crippen molar-refractivity contribution >= 4 is 45.0 Å². The van der Waals surface area contributed by atoms with Gasteiger partial charge in [0.1, 0.15) is 16.1 Å². The van der Waals surface area contributed by atoms with E-state index in [0.29, 0.717) is 31.0 Å². The molecule has 0 unspecified atom stereocenters. The van der Waals surface area contributed by atoms with Gasteiger partial charge >= 0.3 is 0 Å². The zero-order valence-electron chi connectivity index (χ0n) is 17.6. The van der Waals surface area contributed by atoms with Crippen molar-refractivity contribution in [3.05, 3.63) is 58.4 Å². The number of hydrogen-bond acceptors (Lipinski definition) is 6. The smallest absolute Gasteiger partial charge is 0.167 e. The Balaban J connectivity index is 2.16. The molecule has 0 radical (unpaired) electrons. The first-order valence-corrected chi connectivity index (χ1v) is 10.6. The molecule has 7 nitrogen and oxygen atoms in total. The van der Waals surface area contributed by atoms with Crippen LogP contribution in [0.3, 0.4) is 0 Å². The molecule has 2 aromatic rings. The van der Waals surface area contributed by atoms with Crippen LogP contribution in [-0.2, 0) is 4.74 Å². The van der Waals surface area contributed by atoms with E-state index in [1.165, 1.54) is 0 Å². The van der Waals surface area contributed by atoms with Gasteiger partial charge in [-0.3, -0.25) is 4.99 Å². The molecule has 1 aliphatic rings. The second-order valence-corrected chi connectivity index (χ2v) is 7.52. The molecule has 8 heteroatoms. The van der Waals surface area contributed by atoms with Crippen LogP contribution in [0.2, 0.25) is 0 Å². The number of aromatic nitrogens is 3.